The molecule has 6 nitrogen and oxygen atoms in total. The van der Waals surface area contributed by atoms with Crippen LogP contribution in [0.25, 0.3) is 0 Å². The summed E-state index contributed by atoms with van der Waals surface area (Å²) in [6.07, 6.45) is 1.04. The number of fused-ring (bicyclic) bond motifs is 2. The molecule has 1 unspecified atom stereocenters. The van der Waals surface area contributed by atoms with E-state index in [0.717, 1.165) is 12.8 Å². The topological polar surface area (TPSA) is 81.9 Å². The van der Waals surface area contributed by atoms with Crippen molar-refractivity contribution < 1.29 is 19.1 Å². The lowest BCUT2D eigenvalue weighted by atomic mass is 9.97. The van der Waals surface area contributed by atoms with E-state index in [1.54, 1.807) is 27.7 Å². The first-order valence-electron chi connectivity index (χ1n) is 7.18. The molecule has 0 spiro atoms. The van der Waals surface area contributed by atoms with Crippen molar-refractivity contribution in [2.45, 2.75) is 64.3 Å². The van der Waals surface area contributed by atoms with E-state index in [-0.39, 0.29) is 24.0 Å². The Kier molecular flexibility index (Phi) is 3.95. The van der Waals surface area contributed by atoms with Crippen LogP contribution in [-0.4, -0.2) is 47.3 Å². The molecule has 2 rings (SSSR count). The molecular formula is C14H24N2O4. The normalized spacial score (nSPS) is 32.4. The Morgan fingerprint density at radius 1 is 1.30 bits per heavy atom. The van der Waals surface area contributed by atoms with Crippen molar-refractivity contribution >= 4 is 12.1 Å². The minimum atomic E-state index is -0.595. The number of rotatable bonds is 2. The van der Waals surface area contributed by atoms with Gasteiger partial charge in [-0.2, -0.15) is 0 Å². The average Bonchev–Trinajstić information content (AvgIpc) is 2.82. The fraction of sp³-hybridized carbons (Fsp3) is 0.857. The monoisotopic (exact) mass is 284 g/mol. The summed E-state index contributed by atoms with van der Waals surface area (Å²) in [5, 5.41) is 0. The number of ether oxygens (including phenoxy) is 2. The van der Waals surface area contributed by atoms with Crippen molar-refractivity contribution in [1.82, 2.24) is 4.90 Å². The van der Waals surface area contributed by atoms with E-state index in [9.17, 15) is 9.59 Å². The number of likely N-dealkylation sites (tertiary alicyclic amines) is 1. The van der Waals surface area contributed by atoms with Crippen molar-refractivity contribution in [3.63, 3.8) is 0 Å². The molecule has 1 saturated carbocycles. The fourth-order valence-electron chi connectivity index (χ4n) is 3.20. The maximum Gasteiger partial charge on any atom is 0.411 e. The second kappa shape index (κ2) is 5.24. The zero-order valence-corrected chi connectivity index (χ0v) is 12.6. The van der Waals surface area contributed by atoms with Crippen LogP contribution in [0.3, 0.4) is 0 Å². The molecule has 0 aromatic carbocycles. The van der Waals surface area contributed by atoms with E-state index in [0.29, 0.717) is 6.61 Å². The third-order valence-electron chi connectivity index (χ3n) is 3.85. The van der Waals surface area contributed by atoms with Crippen LogP contribution in [0.2, 0.25) is 0 Å². The lowest BCUT2D eigenvalue weighted by Crippen LogP contribution is -2.57. The summed E-state index contributed by atoms with van der Waals surface area (Å²) in [4.78, 5) is 26.0. The minimum absolute atomic E-state index is 0.0848. The number of nitrogens with two attached hydrogens (primary N) is 1. The lowest BCUT2D eigenvalue weighted by Gasteiger charge is -2.37. The Bertz CT molecular complexity index is 404. The molecule has 1 saturated heterocycles. The van der Waals surface area contributed by atoms with Crippen LogP contribution in [0, 0.1) is 5.92 Å². The van der Waals surface area contributed by atoms with E-state index < -0.39 is 17.7 Å². The Labute approximate surface area is 119 Å². The molecule has 0 radical (unpaired) electrons. The van der Waals surface area contributed by atoms with E-state index in [1.807, 2.05) is 0 Å². The van der Waals surface area contributed by atoms with Gasteiger partial charge in [0.1, 0.15) is 11.6 Å². The second-order valence-corrected chi connectivity index (χ2v) is 6.55. The van der Waals surface area contributed by atoms with Gasteiger partial charge in [-0.3, -0.25) is 4.90 Å². The van der Waals surface area contributed by atoms with E-state index in [2.05, 4.69) is 0 Å². The fourth-order valence-corrected chi connectivity index (χ4v) is 3.20. The van der Waals surface area contributed by atoms with Crippen molar-refractivity contribution in [2.24, 2.45) is 11.7 Å². The predicted molar refractivity (Wildman–Crippen MR) is 73.0 cm³/mol. The van der Waals surface area contributed by atoms with Crippen molar-refractivity contribution in [2.75, 3.05) is 6.61 Å². The third-order valence-corrected chi connectivity index (χ3v) is 3.85. The van der Waals surface area contributed by atoms with Crippen LogP contribution in [0.15, 0.2) is 0 Å². The highest BCUT2D eigenvalue weighted by Crippen LogP contribution is 2.43. The van der Waals surface area contributed by atoms with Gasteiger partial charge < -0.3 is 15.2 Å². The number of hydrogen-bond acceptors (Lipinski definition) is 5. The molecule has 2 fully saturated rings. The van der Waals surface area contributed by atoms with Gasteiger partial charge in [0.15, 0.2) is 0 Å². The zero-order valence-electron chi connectivity index (χ0n) is 12.6. The molecule has 20 heavy (non-hydrogen) atoms. The third kappa shape index (κ3) is 2.75. The summed E-state index contributed by atoms with van der Waals surface area (Å²) in [5.41, 5.74) is 5.45. The van der Waals surface area contributed by atoms with Gasteiger partial charge >= 0.3 is 12.1 Å². The van der Waals surface area contributed by atoms with Crippen LogP contribution in [0.5, 0.6) is 0 Å². The number of esters is 1. The van der Waals surface area contributed by atoms with Gasteiger partial charge in [-0.1, -0.05) is 0 Å². The molecule has 1 amide bonds. The summed E-state index contributed by atoms with van der Waals surface area (Å²) < 4.78 is 10.5. The van der Waals surface area contributed by atoms with Gasteiger partial charge in [0.2, 0.25) is 0 Å². The number of carbonyl (C=O) groups excluding carboxylic acids is 2. The summed E-state index contributed by atoms with van der Waals surface area (Å²) in [7, 11) is 0. The molecule has 4 atom stereocenters. The molecule has 114 valence electrons. The molecule has 0 aromatic rings. The zero-order chi connectivity index (χ0) is 15.1. The van der Waals surface area contributed by atoms with Crippen molar-refractivity contribution in [1.29, 1.82) is 0 Å². The highest BCUT2D eigenvalue weighted by atomic mass is 16.6. The molecule has 6 heteroatoms. The van der Waals surface area contributed by atoms with Gasteiger partial charge in [0, 0.05) is 6.04 Å². The highest BCUT2D eigenvalue weighted by molar-refractivity contribution is 5.83. The maximum absolute atomic E-state index is 12.4. The van der Waals surface area contributed by atoms with Crippen LogP contribution in [0.4, 0.5) is 4.79 Å². The van der Waals surface area contributed by atoms with E-state index in [4.69, 9.17) is 15.2 Å². The first-order chi connectivity index (χ1) is 9.24. The standard InChI is InChI=1S/C14H24N2O4/c1-5-19-12(17)11-8-6-9(15)10(7-8)16(11)13(18)20-14(2,3)4/h8-11H,5-7,15H2,1-4H3/t8-,9?,10-,11-/m0/s1. The number of piperidine rings is 1. The van der Waals surface area contributed by atoms with Crippen molar-refractivity contribution in [3.05, 3.63) is 0 Å². The molecule has 2 aliphatic rings. The maximum atomic E-state index is 12.4. The average molecular weight is 284 g/mol. The van der Waals surface area contributed by atoms with E-state index >= 15 is 0 Å². The smallest absolute Gasteiger partial charge is 0.411 e. The summed E-state index contributed by atoms with van der Waals surface area (Å²) in [5.74, 6) is -0.265. The van der Waals surface area contributed by atoms with Gasteiger partial charge in [-0.15, -0.1) is 0 Å². The van der Waals surface area contributed by atoms with Crippen LogP contribution >= 0.6 is 0 Å². The number of amides is 1. The first kappa shape index (κ1) is 15.1. The number of nitrogens with zero attached hydrogens (tertiary/aromatic N) is 1. The van der Waals surface area contributed by atoms with Gasteiger partial charge in [-0.25, -0.2) is 9.59 Å². The second-order valence-electron chi connectivity index (χ2n) is 6.55. The summed E-state index contributed by atoms with van der Waals surface area (Å²) >= 11 is 0. The molecular weight excluding hydrogens is 260 g/mol. The highest BCUT2D eigenvalue weighted by Gasteiger charge is 2.56. The number of carbonyl (C=O) groups is 2. The molecule has 0 aromatic heterocycles. The lowest BCUT2D eigenvalue weighted by molar-refractivity contribution is -0.151. The SMILES string of the molecule is CCOC(=O)[C@@H]1[C@H]2CC(N)[C@H](C2)N1C(=O)OC(C)(C)C. The van der Waals surface area contributed by atoms with Crippen LogP contribution in [0.1, 0.15) is 40.5 Å². The first-order valence-corrected chi connectivity index (χ1v) is 7.18. The molecule has 1 aliphatic carbocycles. The minimum Gasteiger partial charge on any atom is -0.464 e. The Morgan fingerprint density at radius 2 is 1.95 bits per heavy atom. The molecule has 2 bridgehead atoms. The van der Waals surface area contributed by atoms with Crippen LogP contribution in [-0.2, 0) is 14.3 Å². The van der Waals surface area contributed by atoms with E-state index in [1.165, 1.54) is 4.90 Å². The summed E-state index contributed by atoms with van der Waals surface area (Å²) in [6, 6.07) is -0.753. The largest absolute Gasteiger partial charge is 0.464 e. The number of hydrogen-bond donors (Lipinski definition) is 1. The Balaban J connectivity index is 2.18. The van der Waals surface area contributed by atoms with Crippen molar-refractivity contribution in [3.8, 4) is 0 Å². The Morgan fingerprint density at radius 3 is 2.50 bits per heavy atom. The summed E-state index contributed by atoms with van der Waals surface area (Å²) in [6.45, 7) is 7.48. The van der Waals surface area contributed by atoms with Gasteiger partial charge in [-0.05, 0) is 46.5 Å². The van der Waals surface area contributed by atoms with Crippen LogP contribution < -0.4 is 5.73 Å². The molecule has 1 heterocycles. The Hall–Kier alpha value is -1.30. The van der Waals surface area contributed by atoms with Gasteiger partial charge in [0.05, 0.1) is 12.6 Å². The van der Waals surface area contributed by atoms with Gasteiger partial charge in [0.25, 0.3) is 0 Å². The molecule has 1 aliphatic heterocycles. The molecule has 2 N–H and O–H groups in total. The predicted octanol–water partition coefficient (Wildman–Crippen LogP) is 1.27. The quantitative estimate of drug-likeness (QED) is 0.772.